The summed E-state index contributed by atoms with van der Waals surface area (Å²) in [6, 6.07) is 10.4. The predicted octanol–water partition coefficient (Wildman–Crippen LogP) is 4.32. The van der Waals surface area contributed by atoms with Crippen molar-refractivity contribution in [1.82, 2.24) is 0 Å². The summed E-state index contributed by atoms with van der Waals surface area (Å²) in [4.78, 5) is 10.5. The molecular formula is C20H29NO3. The van der Waals surface area contributed by atoms with Gasteiger partial charge >= 0.3 is 5.97 Å². The van der Waals surface area contributed by atoms with Crippen LogP contribution in [0, 0.1) is 11.8 Å². The van der Waals surface area contributed by atoms with E-state index in [0.29, 0.717) is 30.5 Å². The molecule has 4 heteroatoms. The Morgan fingerprint density at radius 1 is 1.04 bits per heavy atom. The Morgan fingerprint density at radius 3 is 2.50 bits per heavy atom. The van der Waals surface area contributed by atoms with Gasteiger partial charge in [-0.2, -0.15) is 0 Å². The number of aliphatic carboxylic acids is 1. The van der Waals surface area contributed by atoms with E-state index in [9.17, 15) is 4.79 Å². The van der Waals surface area contributed by atoms with Crippen LogP contribution < -0.4 is 5.32 Å². The second-order valence-corrected chi connectivity index (χ2v) is 7.21. The molecule has 132 valence electrons. The Bertz CT molecular complexity index is 519. The van der Waals surface area contributed by atoms with Crippen LogP contribution in [0.25, 0.3) is 0 Å². The molecule has 0 aliphatic carbocycles. The van der Waals surface area contributed by atoms with E-state index < -0.39 is 5.97 Å². The quantitative estimate of drug-likeness (QED) is 0.627. The molecule has 1 aromatic rings. The van der Waals surface area contributed by atoms with Gasteiger partial charge in [-0.3, -0.25) is 4.79 Å². The van der Waals surface area contributed by atoms with Crippen LogP contribution in [0.1, 0.15) is 51.4 Å². The second-order valence-electron chi connectivity index (χ2n) is 7.21. The van der Waals surface area contributed by atoms with Crippen LogP contribution in [-0.4, -0.2) is 29.8 Å². The van der Waals surface area contributed by atoms with Crippen LogP contribution in [-0.2, 0) is 9.53 Å². The Hall–Kier alpha value is -1.55. The maximum atomic E-state index is 10.5. The molecular weight excluding hydrogens is 302 g/mol. The average molecular weight is 331 g/mol. The summed E-state index contributed by atoms with van der Waals surface area (Å²) in [5.74, 6) is 0.603. The first-order chi connectivity index (χ1) is 11.7. The van der Waals surface area contributed by atoms with Crippen LogP contribution in [0.4, 0.5) is 5.69 Å². The summed E-state index contributed by atoms with van der Waals surface area (Å²) in [6.07, 6.45) is 9.01. The summed E-state index contributed by atoms with van der Waals surface area (Å²) in [5, 5.41) is 12.3. The minimum Gasteiger partial charge on any atom is -0.481 e. The van der Waals surface area contributed by atoms with E-state index in [-0.39, 0.29) is 0 Å². The highest BCUT2D eigenvalue weighted by atomic mass is 16.5. The number of benzene rings is 1. The van der Waals surface area contributed by atoms with Crippen molar-refractivity contribution in [2.75, 3.05) is 11.9 Å². The van der Waals surface area contributed by atoms with E-state index in [4.69, 9.17) is 9.84 Å². The molecule has 0 radical (unpaired) electrons. The van der Waals surface area contributed by atoms with E-state index in [1.165, 1.54) is 31.4 Å². The lowest BCUT2D eigenvalue weighted by molar-refractivity contribution is -0.137. The van der Waals surface area contributed by atoms with Crippen molar-refractivity contribution in [3.8, 4) is 0 Å². The van der Waals surface area contributed by atoms with E-state index >= 15 is 0 Å². The highest BCUT2D eigenvalue weighted by molar-refractivity contribution is 5.66. The minimum atomic E-state index is -0.677. The van der Waals surface area contributed by atoms with Crippen LogP contribution >= 0.6 is 0 Å². The van der Waals surface area contributed by atoms with E-state index in [2.05, 4.69) is 29.6 Å². The molecule has 2 N–H and O–H groups in total. The number of nitrogens with one attached hydrogen (secondary N) is 1. The Balaban J connectivity index is 1.42. The van der Waals surface area contributed by atoms with Gasteiger partial charge in [0, 0.05) is 24.6 Å². The first-order valence-corrected chi connectivity index (χ1v) is 9.40. The molecule has 0 unspecified atom stereocenters. The van der Waals surface area contributed by atoms with Crippen molar-refractivity contribution in [3.05, 3.63) is 30.3 Å². The molecule has 4 nitrogen and oxygen atoms in total. The number of carbonyl (C=O) groups is 1. The van der Waals surface area contributed by atoms with Gasteiger partial charge in [0.25, 0.3) is 0 Å². The molecule has 3 rings (SSSR count). The molecule has 2 saturated heterocycles. The number of hydrogen-bond donors (Lipinski definition) is 2. The van der Waals surface area contributed by atoms with Gasteiger partial charge in [-0.05, 0) is 43.7 Å². The number of carboxylic acid groups (broad SMARTS) is 1. The van der Waals surface area contributed by atoms with Gasteiger partial charge in [-0.15, -0.1) is 0 Å². The van der Waals surface area contributed by atoms with Gasteiger partial charge < -0.3 is 15.2 Å². The first kappa shape index (κ1) is 17.3. The fraction of sp³-hybridized carbons (Fsp3) is 0.650. The zero-order valence-electron chi connectivity index (χ0n) is 14.3. The van der Waals surface area contributed by atoms with E-state index in [0.717, 1.165) is 25.8 Å². The van der Waals surface area contributed by atoms with Gasteiger partial charge in [-0.25, -0.2) is 0 Å². The van der Waals surface area contributed by atoms with Gasteiger partial charge in [0.15, 0.2) is 0 Å². The third-order valence-corrected chi connectivity index (χ3v) is 5.58. The molecule has 0 spiro atoms. The maximum absolute atomic E-state index is 10.5. The van der Waals surface area contributed by atoms with Gasteiger partial charge in [0.1, 0.15) is 0 Å². The number of rotatable bonds is 10. The van der Waals surface area contributed by atoms with Gasteiger partial charge in [0.2, 0.25) is 0 Å². The lowest BCUT2D eigenvalue weighted by Crippen LogP contribution is -2.32. The SMILES string of the molecule is O=C(O)CCCCCC[C@@H]1[C@@H](CNc2ccccc2)[C@@H]2CC[C@H]1O2. The number of carboxylic acids is 1. The predicted molar refractivity (Wildman–Crippen MR) is 95.1 cm³/mol. The zero-order chi connectivity index (χ0) is 16.8. The third-order valence-electron chi connectivity index (χ3n) is 5.58. The largest absolute Gasteiger partial charge is 0.481 e. The fourth-order valence-electron chi connectivity index (χ4n) is 4.35. The van der Waals surface area contributed by atoms with Crippen molar-refractivity contribution < 1.29 is 14.6 Å². The van der Waals surface area contributed by atoms with Crippen molar-refractivity contribution >= 4 is 11.7 Å². The normalized spacial score (nSPS) is 28.2. The summed E-state index contributed by atoms with van der Waals surface area (Å²) in [7, 11) is 0. The van der Waals surface area contributed by atoms with Crippen LogP contribution in [0.15, 0.2) is 30.3 Å². The summed E-state index contributed by atoms with van der Waals surface area (Å²) >= 11 is 0. The lowest BCUT2D eigenvalue weighted by atomic mass is 9.76. The molecule has 0 amide bonds. The fourth-order valence-corrected chi connectivity index (χ4v) is 4.35. The Kier molecular flexibility index (Phi) is 6.13. The minimum absolute atomic E-state index is 0.306. The second kappa shape index (κ2) is 8.52. The summed E-state index contributed by atoms with van der Waals surface area (Å²) < 4.78 is 6.18. The van der Waals surface area contributed by atoms with Crippen molar-refractivity contribution in [2.24, 2.45) is 11.8 Å². The van der Waals surface area contributed by atoms with Gasteiger partial charge in [0.05, 0.1) is 12.2 Å². The number of fused-ring (bicyclic) bond motifs is 2. The smallest absolute Gasteiger partial charge is 0.303 e. The van der Waals surface area contributed by atoms with E-state index in [1.807, 2.05) is 6.07 Å². The zero-order valence-corrected chi connectivity index (χ0v) is 14.3. The molecule has 2 aliphatic rings. The number of anilines is 1. The Morgan fingerprint density at radius 2 is 1.75 bits per heavy atom. The number of para-hydroxylation sites is 1. The molecule has 2 bridgehead atoms. The van der Waals surface area contributed by atoms with Crippen LogP contribution in [0.5, 0.6) is 0 Å². The highest BCUT2D eigenvalue weighted by Gasteiger charge is 2.47. The molecule has 2 fully saturated rings. The number of hydrogen-bond acceptors (Lipinski definition) is 3. The molecule has 24 heavy (non-hydrogen) atoms. The standard InChI is InChI=1S/C20H29NO3/c22-20(23)11-7-2-1-6-10-16-17(19-13-12-18(16)24-19)14-21-15-8-4-3-5-9-15/h3-5,8-9,16-19,21H,1-2,6-7,10-14H2,(H,22,23)/t16-,17-,18-,19+/m1/s1. The van der Waals surface area contributed by atoms with Crippen LogP contribution in [0.3, 0.4) is 0 Å². The monoisotopic (exact) mass is 331 g/mol. The van der Waals surface area contributed by atoms with Crippen molar-refractivity contribution in [2.45, 2.75) is 63.6 Å². The Labute approximate surface area is 144 Å². The average Bonchev–Trinajstić information content (AvgIpc) is 3.18. The first-order valence-electron chi connectivity index (χ1n) is 9.40. The molecule has 0 saturated carbocycles. The molecule has 2 heterocycles. The summed E-state index contributed by atoms with van der Waals surface area (Å²) in [6.45, 7) is 0.995. The third kappa shape index (κ3) is 4.50. The number of unbranched alkanes of at least 4 members (excludes halogenated alkanes) is 3. The van der Waals surface area contributed by atoms with E-state index in [1.54, 1.807) is 0 Å². The topological polar surface area (TPSA) is 58.6 Å². The molecule has 2 aliphatic heterocycles. The molecule has 0 aromatic heterocycles. The number of ether oxygens (including phenoxy) is 1. The van der Waals surface area contributed by atoms with Crippen molar-refractivity contribution in [1.29, 1.82) is 0 Å². The van der Waals surface area contributed by atoms with Crippen molar-refractivity contribution in [3.63, 3.8) is 0 Å². The van der Waals surface area contributed by atoms with Gasteiger partial charge in [-0.1, -0.05) is 37.5 Å². The molecule has 1 aromatic carbocycles. The van der Waals surface area contributed by atoms with Crippen LogP contribution in [0.2, 0.25) is 0 Å². The summed E-state index contributed by atoms with van der Waals surface area (Å²) in [5.41, 5.74) is 1.19. The lowest BCUT2D eigenvalue weighted by Gasteiger charge is -2.28. The highest BCUT2D eigenvalue weighted by Crippen LogP contribution is 2.45. The molecule has 4 atom stereocenters. The maximum Gasteiger partial charge on any atom is 0.303 e.